The third kappa shape index (κ3) is 3.89. The van der Waals surface area contributed by atoms with E-state index in [4.69, 9.17) is 0 Å². The maximum atomic E-state index is 12.3. The molecule has 1 aliphatic heterocycles. The molecule has 1 saturated heterocycles. The van der Waals surface area contributed by atoms with Crippen LogP contribution in [0.15, 0.2) is 36.5 Å². The Morgan fingerprint density at radius 2 is 2.16 bits per heavy atom. The number of aliphatic hydroxyl groups is 2. The summed E-state index contributed by atoms with van der Waals surface area (Å²) < 4.78 is 1.91. The van der Waals surface area contributed by atoms with Gasteiger partial charge in [0.15, 0.2) is 0 Å². The number of carbonyl (C=O) groups excluding carboxylic acids is 1. The fourth-order valence-corrected chi connectivity index (χ4v) is 3.14. The molecule has 1 aromatic heterocycles. The average molecular weight is 344 g/mol. The van der Waals surface area contributed by atoms with Gasteiger partial charge in [-0.25, -0.2) is 0 Å². The predicted molar refractivity (Wildman–Crippen MR) is 93.7 cm³/mol. The molecule has 1 fully saturated rings. The molecule has 25 heavy (non-hydrogen) atoms. The van der Waals surface area contributed by atoms with E-state index < -0.39 is 18.2 Å². The van der Waals surface area contributed by atoms with E-state index in [1.807, 2.05) is 41.9 Å². The van der Waals surface area contributed by atoms with E-state index >= 15 is 0 Å². The SMILES string of the molecule is CCn1nccc1-c1ccc([C@H](CO)NC(=O)[C@@H]2CC(O)CN2)cc1. The first kappa shape index (κ1) is 17.6. The Morgan fingerprint density at radius 3 is 2.76 bits per heavy atom. The number of β-amino-alcohol motifs (C(OH)–C–C–N with tert-alkyl or cyclic N) is 1. The summed E-state index contributed by atoms with van der Waals surface area (Å²) in [5.74, 6) is -0.205. The summed E-state index contributed by atoms with van der Waals surface area (Å²) in [5, 5.41) is 29.3. The largest absolute Gasteiger partial charge is 0.394 e. The molecule has 0 radical (unpaired) electrons. The van der Waals surface area contributed by atoms with Crippen molar-refractivity contribution in [2.24, 2.45) is 0 Å². The molecule has 0 aliphatic carbocycles. The number of amides is 1. The molecule has 0 saturated carbocycles. The lowest BCUT2D eigenvalue weighted by atomic mass is 10.0. The van der Waals surface area contributed by atoms with E-state index in [-0.39, 0.29) is 12.5 Å². The van der Waals surface area contributed by atoms with Crippen LogP contribution < -0.4 is 10.6 Å². The minimum Gasteiger partial charge on any atom is -0.394 e. The monoisotopic (exact) mass is 344 g/mol. The molecule has 1 aromatic carbocycles. The standard InChI is InChI=1S/C18H24N4O3/c1-2-22-17(7-8-20-22)13-5-3-12(4-6-13)16(11-23)21-18(25)15-9-14(24)10-19-15/h3-8,14-16,19,23-24H,2,9-11H2,1H3,(H,21,25)/t14?,15-,16-/m0/s1. The van der Waals surface area contributed by atoms with Crippen LogP contribution >= 0.6 is 0 Å². The van der Waals surface area contributed by atoms with Crippen LogP contribution in [-0.4, -0.2) is 51.2 Å². The Kier molecular flexibility index (Phi) is 5.47. The molecule has 1 aliphatic rings. The Hall–Kier alpha value is -2.22. The van der Waals surface area contributed by atoms with E-state index in [1.165, 1.54) is 0 Å². The number of hydrogen-bond donors (Lipinski definition) is 4. The van der Waals surface area contributed by atoms with Crippen LogP contribution in [0.3, 0.4) is 0 Å². The number of aryl methyl sites for hydroxylation is 1. The number of rotatable bonds is 6. The number of aromatic nitrogens is 2. The molecule has 4 N–H and O–H groups in total. The summed E-state index contributed by atoms with van der Waals surface area (Å²) >= 11 is 0. The second-order valence-corrected chi connectivity index (χ2v) is 6.25. The zero-order chi connectivity index (χ0) is 17.8. The molecule has 1 amide bonds. The molecule has 0 bridgehead atoms. The number of hydrogen-bond acceptors (Lipinski definition) is 5. The van der Waals surface area contributed by atoms with Crippen molar-refractivity contribution in [3.63, 3.8) is 0 Å². The topological polar surface area (TPSA) is 99.4 Å². The Balaban J connectivity index is 1.70. The minimum atomic E-state index is -0.494. The number of benzene rings is 1. The highest BCUT2D eigenvalue weighted by atomic mass is 16.3. The maximum Gasteiger partial charge on any atom is 0.237 e. The van der Waals surface area contributed by atoms with Crippen LogP contribution in [0.25, 0.3) is 11.3 Å². The molecule has 1 unspecified atom stereocenters. The second-order valence-electron chi connectivity index (χ2n) is 6.25. The second kappa shape index (κ2) is 7.77. The van der Waals surface area contributed by atoms with Crippen LogP contribution in [0.1, 0.15) is 24.9 Å². The molecule has 3 rings (SSSR count). The highest BCUT2D eigenvalue weighted by Gasteiger charge is 2.29. The van der Waals surface area contributed by atoms with Gasteiger partial charge in [-0.1, -0.05) is 24.3 Å². The molecule has 3 atom stereocenters. The summed E-state index contributed by atoms with van der Waals surface area (Å²) in [6.07, 6.45) is 1.67. The van der Waals surface area contributed by atoms with Gasteiger partial charge in [-0.05, 0) is 30.5 Å². The van der Waals surface area contributed by atoms with Crippen molar-refractivity contribution in [3.8, 4) is 11.3 Å². The smallest absolute Gasteiger partial charge is 0.237 e. The molecule has 7 nitrogen and oxygen atoms in total. The van der Waals surface area contributed by atoms with Gasteiger partial charge in [0, 0.05) is 19.3 Å². The summed E-state index contributed by atoms with van der Waals surface area (Å²) in [6.45, 7) is 3.06. The van der Waals surface area contributed by atoms with Gasteiger partial charge >= 0.3 is 0 Å². The van der Waals surface area contributed by atoms with E-state index in [0.29, 0.717) is 13.0 Å². The molecule has 2 aromatic rings. The van der Waals surface area contributed by atoms with Crippen LogP contribution in [0, 0.1) is 0 Å². The fourth-order valence-electron chi connectivity index (χ4n) is 3.14. The minimum absolute atomic E-state index is 0.187. The summed E-state index contributed by atoms with van der Waals surface area (Å²) in [7, 11) is 0. The van der Waals surface area contributed by atoms with Crippen LogP contribution in [0.5, 0.6) is 0 Å². The maximum absolute atomic E-state index is 12.3. The number of nitrogens with one attached hydrogen (secondary N) is 2. The van der Waals surface area contributed by atoms with Crippen molar-refractivity contribution in [2.75, 3.05) is 13.2 Å². The molecular weight excluding hydrogens is 320 g/mol. The predicted octanol–water partition coefficient (Wildman–Crippen LogP) is 0.442. The van der Waals surface area contributed by atoms with E-state index in [2.05, 4.69) is 15.7 Å². The highest BCUT2D eigenvalue weighted by molar-refractivity contribution is 5.82. The van der Waals surface area contributed by atoms with Crippen molar-refractivity contribution in [1.82, 2.24) is 20.4 Å². The number of nitrogens with zero attached hydrogens (tertiary/aromatic N) is 2. The Bertz CT molecular complexity index is 713. The van der Waals surface area contributed by atoms with E-state index in [0.717, 1.165) is 23.4 Å². The lowest BCUT2D eigenvalue weighted by Crippen LogP contribution is -2.42. The zero-order valence-corrected chi connectivity index (χ0v) is 14.2. The first-order valence-corrected chi connectivity index (χ1v) is 8.57. The number of aliphatic hydroxyl groups excluding tert-OH is 2. The van der Waals surface area contributed by atoms with Crippen molar-refractivity contribution < 1.29 is 15.0 Å². The van der Waals surface area contributed by atoms with Gasteiger partial charge < -0.3 is 20.8 Å². The molecular formula is C18H24N4O3. The quantitative estimate of drug-likeness (QED) is 0.609. The van der Waals surface area contributed by atoms with Crippen molar-refractivity contribution >= 4 is 5.91 Å². The van der Waals surface area contributed by atoms with Gasteiger partial charge in [0.1, 0.15) is 0 Å². The Labute approximate surface area is 146 Å². The molecule has 2 heterocycles. The average Bonchev–Trinajstić information content (AvgIpc) is 3.28. The normalized spacial score (nSPS) is 21.2. The van der Waals surface area contributed by atoms with Gasteiger partial charge in [-0.3, -0.25) is 9.48 Å². The van der Waals surface area contributed by atoms with Gasteiger partial charge in [0.2, 0.25) is 5.91 Å². The van der Waals surface area contributed by atoms with Crippen molar-refractivity contribution in [1.29, 1.82) is 0 Å². The van der Waals surface area contributed by atoms with Crippen molar-refractivity contribution in [2.45, 2.75) is 38.1 Å². The molecule has 134 valence electrons. The van der Waals surface area contributed by atoms with Gasteiger partial charge in [-0.2, -0.15) is 5.10 Å². The van der Waals surface area contributed by atoms with Crippen LogP contribution in [-0.2, 0) is 11.3 Å². The molecule has 0 spiro atoms. The number of carbonyl (C=O) groups is 1. The first-order valence-electron chi connectivity index (χ1n) is 8.57. The van der Waals surface area contributed by atoms with Crippen LogP contribution in [0.4, 0.5) is 0 Å². The fraction of sp³-hybridized carbons (Fsp3) is 0.444. The lowest BCUT2D eigenvalue weighted by molar-refractivity contribution is -0.124. The molecule has 7 heteroatoms. The Morgan fingerprint density at radius 1 is 1.40 bits per heavy atom. The highest BCUT2D eigenvalue weighted by Crippen LogP contribution is 2.22. The van der Waals surface area contributed by atoms with E-state index in [9.17, 15) is 15.0 Å². The van der Waals surface area contributed by atoms with Gasteiger partial charge in [-0.15, -0.1) is 0 Å². The van der Waals surface area contributed by atoms with E-state index in [1.54, 1.807) is 6.20 Å². The third-order valence-electron chi connectivity index (χ3n) is 4.55. The van der Waals surface area contributed by atoms with Crippen LogP contribution in [0.2, 0.25) is 0 Å². The third-order valence-corrected chi connectivity index (χ3v) is 4.55. The zero-order valence-electron chi connectivity index (χ0n) is 14.2. The van der Waals surface area contributed by atoms with Gasteiger partial charge in [0.05, 0.1) is 30.5 Å². The summed E-state index contributed by atoms with van der Waals surface area (Å²) in [4.78, 5) is 12.3. The van der Waals surface area contributed by atoms with Gasteiger partial charge in [0.25, 0.3) is 0 Å². The summed E-state index contributed by atoms with van der Waals surface area (Å²) in [5.41, 5.74) is 2.90. The first-order chi connectivity index (χ1) is 12.1. The summed E-state index contributed by atoms with van der Waals surface area (Å²) in [6, 6.07) is 8.80. The van der Waals surface area contributed by atoms with Crippen molar-refractivity contribution in [3.05, 3.63) is 42.1 Å². The lowest BCUT2D eigenvalue weighted by Gasteiger charge is -2.20.